The molecule has 3 fully saturated rings. The summed E-state index contributed by atoms with van der Waals surface area (Å²) in [5, 5.41) is 0. The molecule has 0 spiro atoms. The standard InChI is InChI=1S/C24H35N5O4S/c1-2-25-13-15-26(16-14-25)23(30)18-29-22-17-19(34(32,33)27-10-5-6-11-27)8-9-20(22)28-12-4-3-7-21(28)24(29)31/h8-9,17,21H,2-7,10-16,18H2,1H3. The van der Waals surface area contributed by atoms with Crippen molar-refractivity contribution in [2.24, 2.45) is 0 Å². The van der Waals surface area contributed by atoms with Crippen molar-refractivity contribution < 1.29 is 18.0 Å². The molecule has 4 aliphatic rings. The summed E-state index contributed by atoms with van der Waals surface area (Å²) in [7, 11) is -3.62. The molecule has 1 aromatic rings. The summed E-state index contributed by atoms with van der Waals surface area (Å²) in [6, 6.07) is 4.83. The normalized spacial score (nSPS) is 24.3. The molecule has 0 bridgehead atoms. The molecule has 3 saturated heterocycles. The van der Waals surface area contributed by atoms with Crippen molar-refractivity contribution in [3.63, 3.8) is 0 Å². The van der Waals surface area contributed by atoms with Gasteiger partial charge in [-0.2, -0.15) is 4.31 Å². The highest BCUT2D eigenvalue weighted by Gasteiger charge is 2.41. The van der Waals surface area contributed by atoms with Crippen LogP contribution in [0.25, 0.3) is 0 Å². The van der Waals surface area contributed by atoms with Crippen molar-refractivity contribution in [2.45, 2.75) is 50.0 Å². The van der Waals surface area contributed by atoms with Gasteiger partial charge in [0, 0.05) is 45.8 Å². The van der Waals surface area contributed by atoms with Crippen LogP contribution in [0.5, 0.6) is 0 Å². The summed E-state index contributed by atoms with van der Waals surface area (Å²) in [5.74, 6) is -0.171. The van der Waals surface area contributed by atoms with Crippen molar-refractivity contribution >= 4 is 33.2 Å². The van der Waals surface area contributed by atoms with E-state index in [-0.39, 0.29) is 29.3 Å². The fraction of sp³-hybridized carbons (Fsp3) is 0.667. The van der Waals surface area contributed by atoms with Gasteiger partial charge in [0.1, 0.15) is 12.6 Å². The summed E-state index contributed by atoms with van der Waals surface area (Å²) < 4.78 is 28.0. The number of fused-ring (bicyclic) bond motifs is 3. The number of piperidine rings is 1. The number of rotatable bonds is 5. The lowest BCUT2D eigenvalue weighted by Gasteiger charge is -2.45. The van der Waals surface area contributed by atoms with Crippen LogP contribution in [0.15, 0.2) is 23.1 Å². The molecule has 2 amide bonds. The largest absolute Gasteiger partial charge is 0.358 e. The van der Waals surface area contributed by atoms with Crippen LogP contribution >= 0.6 is 0 Å². The molecule has 0 N–H and O–H groups in total. The van der Waals surface area contributed by atoms with Crippen molar-refractivity contribution in [3.8, 4) is 0 Å². The molecule has 34 heavy (non-hydrogen) atoms. The van der Waals surface area contributed by atoms with Gasteiger partial charge in [0.2, 0.25) is 21.8 Å². The molecular formula is C24H35N5O4S. The zero-order chi connectivity index (χ0) is 23.9. The van der Waals surface area contributed by atoms with Crippen molar-refractivity contribution in [1.29, 1.82) is 0 Å². The first kappa shape index (κ1) is 23.6. The number of carbonyl (C=O) groups excluding carboxylic acids is 2. The molecule has 4 heterocycles. The minimum absolute atomic E-state index is 0.0461. The number of hydrogen-bond acceptors (Lipinski definition) is 6. The SMILES string of the molecule is CCN1CCN(C(=O)CN2C(=O)C3CCCCN3c3ccc(S(=O)(=O)N4CCCC4)cc32)CC1. The molecule has 186 valence electrons. The predicted octanol–water partition coefficient (Wildman–Crippen LogP) is 1.34. The summed E-state index contributed by atoms with van der Waals surface area (Å²) in [5.41, 5.74) is 1.40. The fourth-order valence-electron chi connectivity index (χ4n) is 5.69. The lowest BCUT2D eigenvalue weighted by Crippen LogP contribution is -2.58. The van der Waals surface area contributed by atoms with Gasteiger partial charge in [0.25, 0.3) is 0 Å². The van der Waals surface area contributed by atoms with Gasteiger partial charge in [-0.25, -0.2) is 8.42 Å². The fourth-order valence-corrected chi connectivity index (χ4v) is 7.23. The first-order valence-corrected chi connectivity index (χ1v) is 14.1. The van der Waals surface area contributed by atoms with Crippen molar-refractivity contribution in [1.82, 2.24) is 14.1 Å². The molecule has 10 heteroatoms. The van der Waals surface area contributed by atoms with Crippen LogP contribution in [-0.4, -0.2) is 99.3 Å². The smallest absolute Gasteiger partial charge is 0.250 e. The Morgan fingerprint density at radius 3 is 2.35 bits per heavy atom. The lowest BCUT2D eigenvalue weighted by atomic mass is 9.96. The van der Waals surface area contributed by atoms with E-state index in [0.29, 0.717) is 31.9 Å². The van der Waals surface area contributed by atoms with E-state index < -0.39 is 10.0 Å². The van der Waals surface area contributed by atoms with Gasteiger partial charge in [0.15, 0.2) is 0 Å². The molecule has 5 rings (SSSR count). The molecule has 0 aliphatic carbocycles. The third kappa shape index (κ3) is 4.20. The Morgan fingerprint density at radius 2 is 1.65 bits per heavy atom. The van der Waals surface area contributed by atoms with E-state index in [0.717, 1.165) is 64.0 Å². The Hall–Kier alpha value is -2.17. The van der Waals surface area contributed by atoms with Crippen molar-refractivity contribution in [2.75, 3.05) is 68.7 Å². The van der Waals surface area contributed by atoms with Crippen molar-refractivity contribution in [3.05, 3.63) is 18.2 Å². The van der Waals surface area contributed by atoms with Crippen LogP contribution < -0.4 is 9.80 Å². The average Bonchev–Trinajstić information content (AvgIpc) is 3.42. The first-order valence-electron chi connectivity index (χ1n) is 12.6. The highest BCUT2D eigenvalue weighted by molar-refractivity contribution is 7.89. The summed E-state index contributed by atoms with van der Waals surface area (Å²) >= 11 is 0. The third-order valence-corrected chi connectivity index (χ3v) is 9.66. The Balaban J connectivity index is 1.46. The van der Waals surface area contributed by atoms with Gasteiger partial charge in [-0.15, -0.1) is 0 Å². The maximum absolute atomic E-state index is 13.6. The number of sulfonamides is 1. The zero-order valence-electron chi connectivity index (χ0n) is 20.0. The maximum atomic E-state index is 13.6. The third-order valence-electron chi connectivity index (χ3n) is 7.77. The molecule has 0 radical (unpaired) electrons. The van der Waals surface area contributed by atoms with Crippen LogP contribution in [0.4, 0.5) is 11.4 Å². The van der Waals surface area contributed by atoms with Gasteiger partial charge in [0.05, 0.1) is 16.3 Å². The summed E-state index contributed by atoms with van der Waals surface area (Å²) in [4.78, 5) is 34.8. The summed E-state index contributed by atoms with van der Waals surface area (Å²) in [6.07, 6.45) is 4.46. The van der Waals surface area contributed by atoms with E-state index >= 15 is 0 Å². The number of hydrogen-bond donors (Lipinski definition) is 0. The molecule has 9 nitrogen and oxygen atoms in total. The molecule has 4 aliphatic heterocycles. The molecule has 0 saturated carbocycles. The first-order chi connectivity index (χ1) is 16.4. The number of carbonyl (C=O) groups is 2. The highest BCUT2D eigenvalue weighted by atomic mass is 32.2. The minimum Gasteiger partial charge on any atom is -0.358 e. The van der Waals surface area contributed by atoms with Crippen LogP contribution in [0.2, 0.25) is 0 Å². The molecular weight excluding hydrogens is 454 g/mol. The van der Waals surface area contributed by atoms with Gasteiger partial charge < -0.3 is 14.7 Å². The number of likely N-dealkylation sites (N-methyl/N-ethyl adjacent to an activating group) is 1. The number of nitrogens with zero attached hydrogens (tertiary/aromatic N) is 5. The van der Waals surface area contributed by atoms with E-state index in [9.17, 15) is 18.0 Å². The number of piperazine rings is 1. The van der Waals surface area contributed by atoms with Gasteiger partial charge in [-0.05, 0) is 56.8 Å². The second-order valence-electron chi connectivity index (χ2n) is 9.71. The van der Waals surface area contributed by atoms with Crippen LogP contribution in [0.1, 0.15) is 39.0 Å². The molecule has 1 unspecified atom stereocenters. The Kier molecular flexibility index (Phi) is 6.56. The number of amides is 2. The van der Waals surface area contributed by atoms with Gasteiger partial charge in [-0.3, -0.25) is 14.5 Å². The highest BCUT2D eigenvalue weighted by Crippen LogP contribution is 2.41. The van der Waals surface area contributed by atoms with E-state index in [2.05, 4.69) is 16.7 Å². The van der Waals surface area contributed by atoms with Crippen LogP contribution in [0.3, 0.4) is 0 Å². The van der Waals surface area contributed by atoms with E-state index in [4.69, 9.17) is 0 Å². The van der Waals surface area contributed by atoms with E-state index in [1.165, 1.54) is 4.31 Å². The van der Waals surface area contributed by atoms with Crippen LogP contribution in [-0.2, 0) is 19.6 Å². The van der Waals surface area contributed by atoms with Crippen LogP contribution in [0, 0.1) is 0 Å². The molecule has 1 atom stereocenters. The monoisotopic (exact) mass is 489 g/mol. The molecule has 0 aromatic heterocycles. The van der Waals surface area contributed by atoms with Gasteiger partial charge in [-0.1, -0.05) is 6.92 Å². The Bertz CT molecular complexity index is 1050. The summed E-state index contributed by atoms with van der Waals surface area (Å²) in [6.45, 7) is 7.83. The zero-order valence-corrected chi connectivity index (χ0v) is 20.8. The predicted molar refractivity (Wildman–Crippen MR) is 130 cm³/mol. The van der Waals surface area contributed by atoms with E-state index in [1.807, 2.05) is 11.0 Å². The Morgan fingerprint density at radius 1 is 0.941 bits per heavy atom. The lowest BCUT2D eigenvalue weighted by molar-refractivity contribution is -0.133. The number of benzene rings is 1. The van der Waals surface area contributed by atoms with E-state index in [1.54, 1.807) is 17.0 Å². The van der Waals surface area contributed by atoms with Gasteiger partial charge >= 0.3 is 0 Å². The number of anilines is 2. The topological polar surface area (TPSA) is 84.5 Å². The quantitative estimate of drug-likeness (QED) is 0.621. The Labute approximate surface area is 202 Å². The minimum atomic E-state index is -3.62. The maximum Gasteiger partial charge on any atom is 0.250 e. The average molecular weight is 490 g/mol. The second kappa shape index (κ2) is 9.47. The second-order valence-corrected chi connectivity index (χ2v) is 11.6. The molecule has 1 aromatic carbocycles.